The zero-order valence-electron chi connectivity index (χ0n) is 18.5. The standard InChI is InChI=1S/C26H26N2O6/c29-24(16-27-26(32)34-18-20-10-5-2-6-11-20)28-23(25(30)31)15-21-12-7-13-22(14-21)33-17-19-8-3-1-4-9-19/h1-14,23H,15-18H2,(H,27,32)(H,28,29)(H,30,31)/t23-/m1/s1. The van der Waals surface area contributed by atoms with Gasteiger partial charge in [-0.1, -0.05) is 72.8 Å². The zero-order chi connectivity index (χ0) is 24.2. The lowest BCUT2D eigenvalue weighted by molar-refractivity contribution is -0.141. The Bertz CT molecular complexity index is 1090. The number of benzene rings is 3. The maximum Gasteiger partial charge on any atom is 0.407 e. The second kappa shape index (κ2) is 12.6. The molecule has 8 heteroatoms. The van der Waals surface area contributed by atoms with E-state index in [-0.39, 0.29) is 13.0 Å². The van der Waals surface area contributed by atoms with E-state index in [0.717, 1.165) is 11.1 Å². The van der Waals surface area contributed by atoms with E-state index < -0.39 is 30.6 Å². The lowest BCUT2D eigenvalue weighted by Crippen LogP contribution is -2.46. The fourth-order valence-corrected chi connectivity index (χ4v) is 3.11. The van der Waals surface area contributed by atoms with Crippen molar-refractivity contribution < 1.29 is 29.0 Å². The fraction of sp³-hybridized carbons (Fsp3) is 0.192. The largest absolute Gasteiger partial charge is 0.489 e. The molecule has 0 bridgehead atoms. The molecule has 0 aliphatic rings. The van der Waals surface area contributed by atoms with E-state index in [1.54, 1.807) is 36.4 Å². The molecule has 0 aliphatic carbocycles. The van der Waals surface area contributed by atoms with Gasteiger partial charge in [0.25, 0.3) is 0 Å². The van der Waals surface area contributed by atoms with Gasteiger partial charge < -0.3 is 25.2 Å². The minimum Gasteiger partial charge on any atom is -0.489 e. The Balaban J connectivity index is 1.46. The lowest BCUT2D eigenvalue weighted by Gasteiger charge is -2.16. The molecule has 0 heterocycles. The number of aliphatic carboxylic acids is 1. The summed E-state index contributed by atoms with van der Waals surface area (Å²) in [5.41, 5.74) is 2.51. The van der Waals surface area contributed by atoms with Crippen LogP contribution in [0.25, 0.3) is 0 Å². The smallest absolute Gasteiger partial charge is 0.407 e. The van der Waals surface area contributed by atoms with Crippen LogP contribution in [0.1, 0.15) is 16.7 Å². The van der Waals surface area contributed by atoms with Gasteiger partial charge in [0.15, 0.2) is 0 Å². The van der Waals surface area contributed by atoms with Crippen LogP contribution >= 0.6 is 0 Å². The number of carbonyl (C=O) groups is 3. The van der Waals surface area contributed by atoms with Gasteiger partial charge in [0.2, 0.25) is 5.91 Å². The van der Waals surface area contributed by atoms with E-state index in [2.05, 4.69) is 10.6 Å². The third kappa shape index (κ3) is 8.31. The first-order valence-electron chi connectivity index (χ1n) is 10.7. The second-order valence-corrected chi connectivity index (χ2v) is 7.50. The van der Waals surface area contributed by atoms with Crippen LogP contribution in [0.2, 0.25) is 0 Å². The third-order valence-electron chi connectivity index (χ3n) is 4.83. The molecule has 0 radical (unpaired) electrons. The highest BCUT2D eigenvalue weighted by molar-refractivity contribution is 5.86. The highest BCUT2D eigenvalue weighted by atomic mass is 16.5. The monoisotopic (exact) mass is 462 g/mol. The average molecular weight is 463 g/mol. The highest BCUT2D eigenvalue weighted by Gasteiger charge is 2.21. The summed E-state index contributed by atoms with van der Waals surface area (Å²) >= 11 is 0. The first kappa shape index (κ1) is 24.3. The van der Waals surface area contributed by atoms with Crippen molar-refractivity contribution in [3.63, 3.8) is 0 Å². The van der Waals surface area contributed by atoms with Crippen molar-refractivity contribution in [3.05, 3.63) is 102 Å². The summed E-state index contributed by atoms with van der Waals surface area (Å²) in [6, 6.07) is 24.7. The van der Waals surface area contributed by atoms with Gasteiger partial charge in [-0.25, -0.2) is 9.59 Å². The topological polar surface area (TPSA) is 114 Å². The molecule has 3 rings (SSSR count). The number of amides is 2. The molecule has 0 aliphatic heterocycles. The molecule has 3 N–H and O–H groups in total. The van der Waals surface area contributed by atoms with E-state index in [1.807, 2.05) is 48.5 Å². The maximum atomic E-state index is 12.2. The highest BCUT2D eigenvalue weighted by Crippen LogP contribution is 2.16. The van der Waals surface area contributed by atoms with E-state index in [9.17, 15) is 19.5 Å². The Labute approximate surface area is 197 Å². The van der Waals surface area contributed by atoms with Crippen molar-refractivity contribution >= 4 is 18.0 Å². The molecule has 8 nitrogen and oxygen atoms in total. The quantitative estimate of drug-likeness (QED) is 0.403. The first-order chi connectivity index (χ1) is 16.5. The number of hydrogen-bond acceptors (Lipinski definition) is 5. The summed E-state index contributed by atoms with van der Waals surface area (Å²) in [5, 5.41) is 14.3. The normalized spacial score (nSPS) is 11.2. The third-order valence-corrected chi connectivity index (χ3v) is 4.83. The molecular weight excluding hydrogens is 436 g/mol. The molecular formula is C26H26N2O6. The van der Waals surface area contributed by atoms with Gasteiger partial charge in [-0.3, -0.25) is 4.79 Å². The summed E-state index contributed by atoms with van der Waals surface area (Å²) in [7, 11) is 0. The van der Waals surface area contributed by atoms with Gasteiger partial charge in [-0.2, -0.15) is 0 Å². The van der Waals surface area contributed by atoms with Crippen molar-refractivity contribution in [2.75, 3.05) is 6.54 Å². The van der Waals surface area contributed by atoms with Crippen LogP contribution in [-0.4, -0.2) is 35.7 Å². The number of hydrogen-bond donors (Lipinski definition) is 3. The molecule has 34 heavy (non-hydrogen) atoms. The number of ether oxygens (including phenoxy) is 2. The van der Waals surface area contributed by atoms with Gasteiger partial charge in [0, 0.05) is 6.42 Å². The Hall–Kier alpha value is -4.33. The lowest BCUT2D eigenvalue weighted by atomic mass is 10.1. The molecule has 3 aromatic rings. The SMILES string of the molecule is O=C(CNC(=O)OCc1ccccc1)N[C@H](Cc1cccc(OCc2ccccc2)c1)C(=O)O. The summed E-state index contributed by atoms with van der Waals surface area (Å²) in [4.78, 5) is 35.6. The molecule has 3 aromatic carbocycles. The summed E-state index contributed by atoms with van der Waals surface area (Å²) < 4.78 is 10.8. The van der Waals surface area contributed by atoms with Crippen molar-refractivity contribution in [1.29, 1.82) is 0 Å². The maximum absolute atomic E-state index is 12.2. The summed E-state index contributed by atoms with van der Waals surface area (Å²) in [6.45, 7) is 0.0434. The van der Waals surface area contributed by atoms with Crippen LogP contribution in [0.3, 0.4) is 0 Å². The van der Waals surface area contributed by atoms with E-state index in [1.165, 1.54) is 0 Å². The molecule has 0 fully saturated rings. The minimum atomic E-state index is -1.18. The number of carboxylic acids is 1. The molecule has 0 spiro atoms. The van der Waals surface area contributed by atoms with Crippen LogP contribution in [0.4, 0.5) is 4.79 Å². The van der Waals surface area contributed by atoms with E-state index in [4.69, 9.17) is 9.47 Å². The van der Waals surface area contributed by atoms with E-state index >= 15 is 0 Å². The first-order valence-corrected chi connectivity index (χ1v) is 10.7. The van der Waals surface area contributed by atoms with Crippen LogP contribution in [0.15, 0.2) is 84.9 Å². The van der Waals surface area contributed by atoms with Gasteiger partial charge in [0.1, 0.15) is 31.5 Å². The Morgan fingerprint density at radius 2 is 1.41 bits per heavy atom. The molecule has 2 amide bonds. The Morgan fingerprint density at radius 3 is 2.06 bits per heavy atom. The minimum absolute atomic E-state index is 0.0576. The van der Waals surface area contributed by atoms with Gasteiger partial charge in [-0.05, 0) is 28.8 Å². The molecule has 1 atom stereocenters. The van der Waals surface area contributed by atoms with Crippen LogP contribution in [0.5, 0.6) is 5.75 Å². The zero-order valence-corrected chi connectivity index (χ0v) is 18.5. The van der Waals surface area contributed by atoms with Crippen molar-refractivity contribution in [3.8, 4) is 5.75 Å². The molecule has 176 valence electrons. The molecule has 0 saturated carbocycles. The number of carbonyl (C=O) groups excluding carboxylic acids is 2. The fourth-order valence-electron chi connectivity index (χ4n) is 3.11. The van der Waals surface area contributed by atoms with E-state index in [0.29, 0.717) is 17.9 Å². The average Bonchev–Trinajstić information content (AvgIpc) is 2.86. The van der Waals surface area contributed by atoms with Crippen molar-refractivity contribution in [1.82, 2.24) is 10.6 Å². The summed E-state index contributed by atoms with van der Waals surface area (Å²) in [6.07, 6.45) is -0.712. The predicted molar refractivity (Wildman–Crippen MR) is 125 cm³/mol. The van der Waals surface area contributed by atoms with Gasteiger partial charge >= 0.3 is 12.1 Å². The number of nitrogens with one attached hydrogen (secondary N) is 2. The number of alkyl carbamates (subject to hydrolysis) is 1. The van der Waals surface area contributed by atoms with Crippen molar-refractivity contribution in [2.45, 2.75) is 25.7 Å². The predicted octanol–water partition coefficient (Wildman–Crippen LogP) is 3.30. The van der Waals surface area contributed by atoms with Crippen LogP contribution < -0.4 is 15.4 Å². The van der Waals surface area contributed by atoms with Gasteiger partial charge in [0.05, 0.1) is 0 Å². The Kier molecular flexibility index (Phi) is 9.04. The molecule has 0 saturated heterocycles. The number of rotatable bonds is 11. The van der Waals surface area contributed by atoms with Crippen LogP contribution in [0, 0.1) is 0 Å². The van der Waals surface area contributed by atoms with Gasteiger partial charge in [-0.15, -0.1) is 0 Å². The van der Waals surface area contributed by atoms with Crippen molar-refractivity contribution in [2.24, 2.45) is 0 Å². The Morgan fingerprint density at radius 1 is 0.794 bits per heavy atom. The summed E-state index contributed by atoms with van der Waals surface area (Å²) in [5.74, 6) is -1.23. The molecule has 0 aromatic heterocycles. The molecule has 0 unspecified atom stereocenters. The number of carboxylic acid groups (broad SMARTS) is 1. The van der Waals surface area contributed by atoms with Crippen LogP contribution in [-0.2, 0) is 34.0 Å². The second-order valence-electron chi connectivity index (χ2n) is 7.50.